The van der Waals surface area contributed by atoms with Crippen LogP contribution in [0.5, 0.6) is 0 Å². The zero-order valence-electron chi connectivity index (χ0n) is 11.5. The number of carboxylic acids is 1. The molecule has 0 saturated carbocycles. The quantitative estimate of drug-likeness (QED) is 0.718. The van der Waals surface area contributed by atoms with Gasteiger partial charge < -0.3 is 15.3 Å². The number of amides is 1. The summed E-state index contributed by atoms with van der Waals surface area (Å²) in [7, 11) is 0. The van der Waals surface area contributed by atoms with Crippen molar-refractivity contribution >= 4 is 11.9 Å². The van der Waals surface area contributed by atoms with Crippen molar-refractivity contribution in [2.75, 3.05) is 26.2 Å². The number of nitrogens with one attached hydrogen (secondary N) is 1. The van der Waals surface area contributed by atoms with Gasteiger partial charge in [0, 0.05) is 13.1 Å². The van der Waals surface area contributed by atoms with Crippen molar-refractivity contribution < 1.29 is 14.7 Å². The van der Waals surface area contributed by atoms with E-state index in [1.165, 1.54) is 12.8 Å². The lowest BCUT2D eigenvalue weighted by molar-refractivity contribution is -0.151. The first-order valence-electron chi connectivity index (χ1n) is 6.55. The molecule has 1 rings (SSSR count). The van der Waals surface area contributed by atoms with Crippen molar-refractivity contribution in [3.05, 3.63) is 0 Å². The maximum absolute atomic E-state index is 11.9. The van der Waals surface area contributed by atoms with E-state index >= 15 is 0 Å². The molecule has 0 spiro atoms. The average molecular weight is 256 g/mol. The van der Waals surface area contributed by atoms with Crippen LogP contribution in [-0.2, 0) is 9.59 Å². The zero-order valence-corrected chi connectivity index (χ0v) is 11.5. The lowest BCUT2D eigenvalue weighted by atomic mass is 9.80. The fraction of sp³-hybridized carbons (Fsp3) is 0.846. The molecule has 1 atom stereocenters. The number of carboxylic acid groups (broad SMARTS) is 1. The van der Waals surface area contributed by atoms with Gasteiger partial charge >= 0.3 is 5.97 Å². The minimum atomic E-state index is -1.05. The van der Waals surface area contributed by atoms with Crippen LogP contribution in [0.15, 0.2) is 0 Å². The first kappa shape index (κ1) is 15.0. The summed E-state index contributed by atoms with van der Waals surface area (Å²) >= 11 is 0. The standard InChI is InChI=1S/C13H24N2O3/c1-13(2,3)10(12(17)18)11(16)14-6-9-15-7-4-5-8-15/h10H,4-9H2,1-3H3,(H,14,16)(H,17,18). The second-order valence-corrected chi connectivity index (χ2v) is 5.98. The van der Waals surface area contributed by atoms with Crippen LogP contribution in [0.1, 0.15) is 33.6 Å². The van der Waals surface area contributed by atoms with Gasteiger partial charge in [-0.1, -0.05) is 20.8 Å². The number of nitrogens with zero attached hydrogens (tertiary/aromatic N) is 1. The molecule has 2 N–H and O–H groups in total. The smallest absolute Gasteiger partial charge is 0.316 e. The van der Waals surface area contributed by atoms with Crippen molar-refractivity contribution in [2.45, 2.75) is 33.6 Å². The van der Waals surface area contributed by atoms with Crippen LogP contribution in [-0.4, -0.2) is 48.1 Å². The minimum absolute atomic E-state index is 0.380. The van der Waals surface area contributed by atoms with Crippen LogP contribution in [0, 0.1) is 11.3 Å². The highest BCUT2D eigenvalue weighted by molar-refractivity contribution is 5.97. The van der Waals surface area contributed by atoms with Gasteiger partial charge in [0.1, 0.15) is 5.92 Å². The molecule has 0 bridgehead atoms. The number of likely N-dealkylation sites (tertiary alicyclic amines) is 1. The van der Waals surface area contributed by atoms with Gasteiger partial charge in [0.25, 0.3) is 0 Å². The van der Waals surface area contributed by atoms with Crippen molar-refractivity contribution in [1.82, 2.24) is 10.2 Å². The summed E-state index contributed by atoms with van der Waals surface area (Å²) in [5, 5.41) is 11.9. The van der Waals surface area contributed by atoms with Crippen LogP contribution in [0.4, 0.5) is 0 Å². The van der Waals surface area contributed by atoms with Crippen molar-refractivity contribution in [3.63, 3.8) is 0 Å². The fourth-order valence-electron chi connectivity index (χ4n) is 2.32. The lowest BCUT2D eigenvalue weighted by Crippen LogP contribution is -2.44. The van der Waals surface area contributed by atoms with Crippen LogP contribution in [0.3, 0.4) is 0 Å². The molecule has 5 nitrogen and oxygen atoms in total. The van der Waals surface area contributed by atoms with E-state index in [1.54, 1.807) is 20.8 Å². The highest BCUT2D eigenvalue weighted by atomic mass is 16.4. The molecule has 18 heavy (non-hydrogen) atoms. The maximum Gasteiger partial charge on any atom is 0.316 e. The Morgan fingerprint density at radius 3 is 2.28 bits per heavy atom. The van der Waals surface area contributed by atoms with Crippen LogP contribution < -0.4 is 5.32 Å². The second kappa shape index (κ2) is 6.18. The van der Waals surface area contributed by atoms with Gasteiger partial charge in [0.2, 0.25) is 5.91 Å². The highest BCUT2D eigenvalue weighted by Crippen LogP contribution is 2.26. The normalized spacial score (nSPS) is 18.6. The zero-order chi connectivity index (χ0) is 13.8. The molecule has 0 aliphatic carbocycles. The van der Waals surface area contributed by atoms with Gasteiger partial charge in [-0.3, -0.25) is 9.59 Å². The molecule has 0 aromatic rings. The number of aliphatic carboxylic acids is 1. The van der Waals surface area contributed by atoms with Gasteiger partial charge in [-0.05, 0) is 31.3 Å². The summed E-state index contributed by atoms with van der Waals surface area (Å²) in [6.45, 7) is 8.80. The topological polar surface area (TPSA) is 69.6 Å². The van der Waals surface area contributed by atoms with E-state index in [9.17, 15) is 9.59 Å². The molecule has 1 aliphatic heterocycles. The third kappa shape index (κ3) is 4.29. The van der Waals surface area contributed by atoms with Gasteiger partial charge in [-0.25, -0.2) is 0 Å². The van der Waals surface area contributed by atoms with E-state index in [2.05, 4.69) is 10.2 Å². The predicted molar refractivity (Wildman–Crippen MR) is 69.3 cm³/mol. The summed E-state index contributed by atoms with van der Waals surface area (Å²) in [5.74, 6) is -2.42. The summed E-state index contributed by atoms with van der Waals surface area (Å²) < 4.78 is 0. The Bertz CT molecular complexity index is 304. The first-order chi connectivity index (χ1) is 8.32. The van der Waals surface area contributed by atoms with Gasteiger partial charge in [-0.2, -0.15) is 0 Å². The number of hydrogen-bond donors (Lipinski definition) is 2. The molecule has 1 saturated heterocycles. The largest absolute Gasteiger partial charge is 0.481 e. The number of carbonyl (C=O) groups is 2. The number of rotatable bonds is 5. The van der Waals surface area contributed by atoms with Crippen LogP contribution >= 0.6 is 0 Å². The van der Waals surface area contributed by atoms with E-state index in [4.69, 9.17) is 5.11 Å². The third-order valence-electron chi connectivity index (χ3n) is 3.30. The maximum atomic E-state index is 11.9. The van der Waals surface area contributed by atoms with E-state index in [0.717, 1.165) is 19.6 Å². The van der Waals surface area contributed by atoms with Crippen molar-refractivity contribution in [2.24, 2.45) is 11.3 Å². The molecule has 5 heteroatoms. The third-order valence-corrected chi connectivity index (χ3v) is 3.30. The summed E-state index contributed by atoms with van der Waals surface area (Å²) in [4.78, 5) is 25.3. The van der Waals surface area contributed by atoms with Crippen LogP contribution in [0.2, 0.25) is 0 Å². The molecule has 0 aromatic heterocycles. The predicted octanol–water partition coefficient (Wildman–Crippen LogP) is 0.945. The number of carbonyl (C=O) groups excluding carboxylic acids is 1. The molecule has 1 amide bonds. The molecule has 0 radical (unpaired) electrons. The Morgan fingerprint density at radius 2 is 1.83 bits per heavy atom. The highest BCUT2D eigenvalue weighted by Gasteiger charge is 2.37. The first-order valence-corrected chi connectivity index (χ1v) is 6.55. The molecule has 1 aliphatic rings. The molecule has 0 aromatic carbocycles. The Morgan fingerprint density at radius 1 is 1.28 bits per heavy atom. The SMILES string of the molecule is CC(C)(C)C(C(=O)O)C(=O)NCCN1CCCC1. The summed E-state index contributed by atoms with van der Waals surface area (Å²) in [6.07, 6.45) is 2.43. The lowest BCUT2D eigenvalue weighted by Gasteiger charge is -2.26. The van der Waals surface area contributed by atoms with E-state index in [1.807, 2.05) is 0 Å². The van der Waals surface area contributed by atoms with Crippen molar-refractivity contribution in [3.8, 4) is 0 Å². The summed E-state index contributed by atoms with van der Waals surface area (Å²) in [5.41, 5.74) is -0.566. The monoisotopic (exact) mass is 256 g/mol. The Hall–Kier alpha value is -1.10. The van der Waals surface area contributed by atoms with E-state index in [0.29, 0.717) is 6.54 Å². The Balaban J connectivity index is 2.39. The van der Waals surface area contributed by atoms with Crippen molar-refractivity contribution in [1.29, 1.82) is 0 Å². The Kier molecular flexibility index (Phi) is 5.14. The fourth-order valence-corrected chi connectivity index (χ4v) is 2.32. The van der Waals surface area contributed by atoms with Gasteiger partial charge in [-0.15, -0.1) is 0 Å². The van der Waals surface area contributed by atoms with Gasteiger partial charge in [0.05, 0.1) is 0 Å². The molecule has 1 heterocycles. The van der Waals surface area contributed by atoms with E-state index in [-0.39, 0.29) is 5.91 Å². The average Bonchev–Trinajstić information content (AvgIpc) is 2.67. The van der Waals surface area contributed by atoms with Crippen LogP contribution in [0.25, 0.3) is 0 Å². The molecule has 1 unspecified atom stereocenters. The van der Waals surface area contributed by atoms with E-state index < -0.39 is 17.3 Å². The molecular weight excluding hydrogens is 232 g/mol. The Labute approximate surface area is 109 Å². The number of hydrogen-bond acceptors (Lipinski definition) is 3. The minimum Gasteiger partial charge on any atom is -0.481 e. The summed E-state index contributed by atoms with van der Waals surface area (Å²) in [6, 6.07) is 0. The molecule has 1 fully saturated rings. The molecular formula is C13H24N2O3. The molecule has 104 valence electrons. The van der Waals surface area contributed by atoms with Gasteiger partial charge in [0.15, 0.2) is 0 Å². The second-order valence-electron chi connectivity index (χ2n) is 5.98.